The molecule has 3 aliphatic rings. The summed E-state index contributed by atoms with van der Waals surface area (Å²) in [7, 11) is 0. The predicted molar refractivity (Wildman–Crippen MR) is 374 cm³/mol. The fourth-order valence-corrected chi connectivity index (χ4v) is 14.9. The largest absolute Gasteiger partial charge is 0.455 e. The van der Waals surface area contributed by atoms with Crippen molar-refractivity contribution < 1.29 is 4.42 Å². The number of rotatable bonds is 3. The van der Waals surface area contributed by atoms with Crippen LogP contribution in [0.3, 0.4) is 0 Å². The first-order valence-corrected chi connectivity index (χ1v) is 31.5. The number of nitrogens with zero attached hydrogens (tertiary/aromatic N) is 5. The highest BCUT2D eigenvalue weighted by molar-refractivity contribution is 7.00. The van der Waals surface area contributed by atoms with E-state index in [0.29, 0.717) is 5.56 Å². The lowest BCUT2D eigenvalue weighted by Crippen LogP contribution is -2.62. The van der Waals surface area contributed by atoms with Crippen LogP contribution in [0.25, 0.3) is 88.1 Å². The van der Waals surface area contributed by atoms with E-state index in [-0.39, 0.29) is 33.8 Å². The molecular weight excluding hydrogens is 1070 g/mol. The maximum atomic E-state index is 11.5. The van der Waals surface area contributed by atoms with Crippen LogP contribution < -0.4 is 26.2 Å². The Balaban J connectivity index is 1.01. The van der Waals surface area contributed by atoms with Gasteiger partial charge >= 0.3 is 0 Å². The average molecular weight is 1140 g/mol. The van der Waals surface area contributed by atoms with Crippen LogP contribution in [0.2, 0.25) is 0 Å². The number of para-hydroxylation sites is 2. The molecule has 0 aliphatic carbocycles. The van der Waals surface area contributed by atoms with Gasteiger partial charge < -0.3 is 23.4 Å². The number of hydrogen-bond acceptors (Lipinski definition) is 4. The van der Waals surface area contributed by atoms with Crippen molar-refractivity contribution in [3.05, 3.63) is 209 Å². The first-order valence-electron chi connectivity index (χ1n) is 31.5. The molecule has 3 aromatic heterocycles. The van der Waals surface area contributed by atoms with E-state index in [1.165, 1.54) is 99.2 Å². The Morgan fingerprint density at radius 2 is 0.909 bits per heavy atom. The third kappa shape index (κ3) is 7.79. The quantitative estimate of drug-likeness (QED) is 0.165. The molecule has 13 aromatic rings. The minimum atomic E-state index is -0.200. The molecule has 0 saturated carbocycles. The fraction of sp³-hybridized carbons (Fsp3) is 0.247. The topological polar surface area (TPSA) is 53.3 Å². The maximum Gasteiger partial charge on any atom is 0.252 e. The molecule has 88 heavy (non-hydrogen) atoms. The summed E-state index contributed by atoms with van der Waals surface area (Å²) in [5.74, 6) is 0. The summed E-state index contributed by atoms with van der Waals surface area (Å²) < 4.78 is 11.7. The van der Waals surface area contributed by atoms with Crippen LogP contribution in [-0.4, -0.2) is 15.8 Å². The molecule has 0 fully saturated rings. The third-order valence-electron chi connectivity index (χ3n) is 19.8. The van der Waals surface area contributed by atoms with Crippen molar-refractivity contribution in [2.75, 3.05) is 9.80 Å². The maximum absolute atomic E-state index is 11.5. The van der Waals surface area contributed by atoms with Crippen molar-refractivity contribution in [1.29, 1.82) is 5.26 Å². The molecule has 0 bridgehead atoms. The van der Waals surface area contributed by atoms with Gasteiger partial charge in [0.2, 0.25) is 0 Å². The number of aromatic nitrogens is 2. The van der Waals surface area contributed by atoms with E-state index in [0.717, 1.165) is 67.2 Å². The number of furan rings is 1. The molecule has 7 heteroatoms. The molecule has 0 atom stereocenters. The second-order valence-electron chi connectivity index (χ2n) is 30.7. The van der Waals surface area contributed by atoms with Gasteiger partial charge in [-0.1, -0.05) is 183 Å². The van der Waals surface area contributed by atoms with Gasteiger partial charge in [0, 0.05) is 66.3 Å². The molecule has 6 nitrogen and oxygen atoms in total. The Bertz CT molecular complexity index is 5180. The Hall–Kier alpha value is -9.25. The molecule has 6 heterocycles. The average Bonchev–Trinajstić information content (AvgIpc) is 1.15. The molecule has 3 aliphatic heterocycles. The Kier molecular flexibility index (Phi) is 11.0. The van der Waals surface area contributed by atoms with E-state index >= 15 is 0 Å². The lowest BCUT2D eigenvalue weighted by Gasteiger charge is -2.47. The van der Waals surface area contributed by atoms with E-state index in [1.807, 2.05) is 6.07 Å². The highest BCUT2D eigenvalue weighted by Gasteiger charge is 2.48. The summed E-state index contributed by atoms with van der Waals surface area (Å²) in [5.41, 5.74) is 27.5. The van der Waals surface area contributed by atoms with Crippen LogP contribution in [0.5, 0.6) is 0 Å². The molecule has 0 radical (unpaired) electrons. The highest BCUT2D eigenvalue weighted by atomic mass is 16.3. The summed E-state index contributed by atoms with van der Waals surface area (Å²) in [4.78, 5) is 5.04. The lowest BCUT2D eigenvalue weighted by molar-refractivity contribution is 0.590. The Morgan fingerprint density at radius 1 is 0.386 bits per heavy atom. The van der Waals surface area contributed by atoms with E-state index in [2.05, 4.69) is 299 Å². The van der Waals surface area contributed by atoms with Crippen molar-refractivity contribution >= 4 is 123 Å². The molecule has 0 unspecified atom stereocenters. The van der Waals surface area contributed by atoms with Crippen molar-refractivity contribution in [2.24, 2.45) is 0 Å². The molecule has 10 aromatic carbocycles. The van der Waals surface area contributed by atoms with Gasteiger partial charge in [-0.25, -0.2) is 0 Å². The van der Waals surface area contributed by atoms with Crippen molar-refractivity contribution in [1.82, 2.24) is 9.13 Å². The zero-order valence-electron chi connectivity index (χ0n) is 53.5. The summed E-state index contributed by atoms with van der Waals surface area (Å²) >= 11 is 0. The van der Waals surface area contributed by atoms with Gasteiger partial charge in [0.25, 0.3) is 6.71 Å². The molecule has 0 spiro atoms. The highest BCUT2D eigenvalue weighted by Crippen LogP contribution is 2.55. The third-order valence-corrected chi connectivity index (χ3v) is 19.8. The number of nitriles is 1. The van der Waals surface area contributed by atoms with Crippen LogP contribution in [0.15, 0.2) is 180 Å². The number of fused-ring (bicyclic) bond motifs is 15. The molecule has 0 amide bonds. The van der Waals surface area contributed by atoms with Gasteiger partial charge in [-0.05, 0) is 174 Å². The minimum Gasteiger partial charge on any atom is -0.455 e. The van der Waals surface area contributed by atoms with Crippen LogP contribution in [0, 0.1) is 11.3 Å². The van der Waals surface area contributed by atoms with Crippen molar-refractivity contribution in [3.8, 4) is 28.6 Å². The van der Waals surface area contributed by atoms with Gasteiger partial charge in [0.1, 0.15) is 11.2 Å². The van der Waals surface area contributed by atoms with E-state index in [4.69, 9.17) is 4.42 Å². The van der Waals surface area contributed by atoms with Gasteiger partial charge in [-0.2, -0.15) is 5.26 Å². The number of hydrogen-bond donors (Lipinski definition) is 0. The van der Waals surface area contributed by atoms with Gasteiger partial charge in [-0.3, -0.25) is 0 Å². The molecule has 0 N–H and O–H groups in total. The van der Waals surface area contributed by atoms with Crippen LogP contribution in [0.1, 0.15) is 137 Å². The first kappa shape index (κ1) is 54.2. The van der Waals surface area contributed by atoms with Crippen LogP contribution in [0.4, 0.5) is 34.1 Å². The zero-order valence-corrected chi connectivity index (χ0v) is 53.5. The van der Waals surface area contributed by atoms with Crippen molar-refractivity contribution in [2.45, 2.75) is 131 Å². The molecule has 16 rings (SSSR count). The van der Waals surface area contributed by atoms with Gasteiger partial charge in [0.05, 0.1) is 50.8 Å². The van der Waals surface area contributed by atoms with Crippen LogP contribution >= 0.6 is 0 Å². The molecule has 0 saturated heterocycles. The molecule has 432 valence electrons. The SMILES string of the molecule is CC(C)(C)c1cc2c3c(c1)-n1c4ccc(C(C)(C)C)cc4c4cc(C(C)(C)C)cc(c41)N3c1cc(C#N)cc3c1B2c1ccc(-n2c4ccc(C(C)(C)C)cc4c4cc(C(C)(C)C)ccc42)cc1N3c1ccc(-c2cccc3c2oc2ccccc23)cc1. The van der Waals surface area contributed by atoms with Crippen LogP contribution in [-0.2, 0) is 27.1 Å². The fourth-order valence-electron chi connectivity index (χ4n) is 14.9. The lowest BCUT2D eigenvalue weighted by atomic mass is 9.33. The second-order valence-corrected chi connectivity index (χ2v) is 30.7. The summed E-state index contributed by atoms with van der Waals surface area (Å²) in [6, 6.07) is 69.5. The van der Waals surface area contributed by atoms with Crippen molar-refractivity contribution in [3.63, 3.8) is 0 Å². The second kappa shape index (κ2) is 17.9. The predicted octanol–water partition coefficient (Wildman–Crippen LogP) is 20.2. The first-order chi connectivity index (χ1) is 41.7. The minimum absolute atomic E-state index is 0.0362. The standard InChI is InChI=1S/C81H74BN5O/c1-77(2,3)48-25-32-64-58(37-48)59-38-49(78(4,5)6)26-33-65(59)85(64)54-30-31-62-67(44-54)84(53-28-23-47(24-29-53)55-20-18-21-57-56-19-16-17-22-72(56)88-76(55)57)68-35-46(45-83)36-69-73(68)82(62)63-41-52(81(13,14)15)43-71-75(63)87(69)70-42-51(80(10,11)12)40-61-60-39-50(79(7,8)9)27-34-66(60)86(71)74(61)70/h16-44H,1-15H3. The molecular formula is C81H74BN5O. The smallest absolute Gasteiger partial charge is 0.252 e. The monoisotopic (exact) mass is 1140 g/mol. The van der Waals surface area contributed by atoms with Gasteiger partial charge in [-0.15, -0.1) is 0 Å². The number of anilines is 6. The Labute approximate surface area is 517 Å². The normalized spacial score (nSPS) is 14.0. The van der Waals surface area contributed by atoms with E-state index in [9.17, 15) is 5.26 Å². The van der Waals surface area contributed by atoms with E-state index in [1.54, 1.807) is 0 Å². The summed E-state index contributed by atoms with van der Waals surface area (Å²) in [6.45, 7) is 34.7. The summed E-state index contributed by atoms with van der Waals surface area (Å²) in [5, 5.41) is 18.7. The summed E-state index contributed by atoms with van der Waals surface area (Å²) in [6.07, 6.45) is 0. The Morgan fingerprint density at radius 3 is 1.51 bits per heavy atom. The van der Waals surface area contributed by atoms with Gasteiger partial charge in [0.15, 0.2) is 0 Å². The number of benzene rings is 10. The van der Waals surface area contributed by atoms with E-state index < -0.39 is 0 Å². The zero-order chi connectivity index (χ0) is 61.2.